The molecule has 1 aromatic carbocycles. The number of rotatable bonds is 3. The molecule has 1 atom stereocenters. The Kier molecular flexibility index (Phi) is 3.66. The van der Waals surface area contributed by atoms with E-state index in [1.165, 1.54) is 13.0 Å². The summed E-state index contributed by atoms with van der Waals surface area (Å²) < 4.78 is 0.951. The van der Waals surface area contributed by atoms with E-state index >= 15 is 0 Å². The predicted octanol–water partition coefficient (Wildman–Crippen LogP) is 2.21. The fraction of sp³-hybridized carbons (Fsp3) is 0.154. The number of carbonyl (C=O) groups is 1. The van der Waals surface area contributed by atoms with Crippen LogP contribution in [0.3, 0.4) is 0 Å². The molecule has 2 rings (SSSR count). The van der Waals surface area contributed by atoms with Crippen LogP contribution in [0.25, 0.3) is 11.3 Å². The number of aliphatic carboxylic acids is 1. The van der Waals surface area contributed by atoms with Gasteiger partial charge in [0.1, 0.15) is 0 Å². The van der Waals surface area contributed by atoms with Crippen molar-refractivity contribution in [2.75, 3.05) is 0 Å². The van der Waals surface area contributed by atoms with Gasteiger partial charge in [-0.05, 0) is 25.1 Å². The largest absolute Gasteiger partial charge is 0.480 e. The second-order valence-electron chi connectivity index (χ2n) is 4.02. The summed E-state index contributed by atoms with van der Waals surface area (Å²) in [5.41, 5.74) is 0.827. The molecule has 0 radical (unpaired) electrons. The summed E-state index contributed by atoms with van der Waals surface area (Å²) in [7, 11) is 0. The number of hydrogen-bond acceptors (Lipinski definition) is 3. The molecule has 0 spiro atoms. The topological polar surface area (TPSA) is 72.2 Å². The van der Waals surface area contributed by atoms with Gasteiger partial charge < -0.3 is 5.11 Å². The second-order valence-corrected chi connectivity index (χ2v) is 4.46. The number of benzene rings is 1. The third kappa shape index (κ3) is 2.82. The molecule has 0 aliphatic carbocycles. The number of aromatic nitrogens is 2. The van der Waals surface area contributed by atoms with Gasteiger partial charge in [-0.3, -0.25) is 4.79 Å². The van der Waals surface area contributed by atoms with Gasteiger partial charge in [0.25, 0.3) is 5.56 Å². The Balaban J connectivity index is 2.49. The number of carboxylic acid groups (broad SMARTS) is 1. The monoisotopic (exact) mass is 278 g/mol. The van der Waals surface area contributed by atoms with E-state index in [0.717, 1.165) is 10.2 Å². The minimum absolute atomic E-state index is 0.451. The molecule has 19 heavy (non-hydrogen) atoms. The Morgan fingerprint density at radius 1 is 1.26 bits per heavy atom. The second kappa shape index (κ2) is 5.24. The van der Waals surface area contributed by atoms with Crippen LogP contribution < -0.4 is 5.56 Å². The van der Waals surface area contributed by atoms with E-state index in [9.17, 15) is 9.59 Å². The SMILES string of the molecule is C[C@@H](C(=O)O)n1nc(-c2ccc(Cl)cc2)ccc1=O. The molecule has 0 aliphatic heterocycles. The number of carboxylic acids is 1. The van der Waals surface area contributed by atoms with Gasteiger partial charge in [0, 0.05) is 16.7 Å². The van der Waals surface area contributed by atoms with Crippen LogP contribution in [0.2, 0.25) is 5.02 Å². The average molecular weight is 279 g/mol. The lowest BCUT2D eigenvalue weighted by atomic mass is 10.1. The van der Waals surface area contributed by atoms with Gasteiger partial charge in [0.2, 0.25) is 0 Å². The molecule has 6 heteroatoms. The highest BCUT2D eigenvalue weighted by atomic mass is 35.5. The van der Waals surface area contributed by atoms with Crippen molar-refractivity contribution in [1.29, 1.82) is 0 Å². The fourth-order valence-corrected chi connectivity index (χ4v) is 1.71. The van der Waals surface area contributed by atoms with Gasteiger partial charge >= 0.3 is 5.97 Å². The van der Waals surface area contributed by atoms with Crippen LogP contribution >= 0.6 is 11.6 Å². The summed E-state index contributed by atoms with van der Waals surface area (Å²) in [5.74, 6) is -1.11. The predicted molar refractivity (Wildman–Crippen MR) is 71.3 cm³/mol. The lowest BCUT2D eigenvalue weighted by Crippen LogP contribution is -2.29. The van der Waals surface area contributed by atoms with Crippen molar-refractivity contribution in [2.45, 2.75) is 13.0 Å². The Hall–Kier alpha value is -2.14. The molecule has 0 fully saturated rings. The summed E-state index contributed by atoms with van der Waals surface area (Å²) in [4.78, 5) is 22.5. The van der Waals surface area contributed by atoms with Gasteiger partial charge in [0.15, 0.2) is 6.04 Å². The van der Waals surface area contributed by atoms with Crippen molar-refractivity contribution in [1.82, 2.24) is 9.78 Å². The summed E-state index contributed by atoms with van der Waals surface area (Å²) in [6.07, 6.45) is 0. The normalized spacial score (nSPS) is 12.1. The quantitative estimate of drug-likeness (QED) is 0.934. The number of hydrogen-bond donors (Lipinski definition) is 1. The molecule has 0 aliphatic rings. The molecular weight excluding hydrogens is 268 g/mol. The first-order valence-electron chi connectivity index (χ1n) is 5.57. The third-order valence-corrected chi connectivity index (χ3v) is 2.94. The molecule has 0 saturated carbocycles. The van der Waals surface area contributed by atoms with Crippen molar-refractivity contribution < 1.29 is 9.90 Å². The van der Waals surface area contributed by atoms with E-state index in [1.54, 1.807) is 30.3 Å². The smallest absolute Gasteiger partial charge is 0.328 e. The fourth-order valence-electron chi connectivity index (χ4n) is 1.58. The maximum atomic E-state index is 11.6. The molecule has 0 bridgehead atoms. The first kappa shape index (κ1) is 13.3. The van der Waals surface area contributed by atoms with Crippen LogP contribution in [0.4, 0.5) is 0 Å². The lowest BCUT2D eigenvalue weighted by molar-refractivity contribution is -0.140. The molecular formula is C13H11ClN2O3. The Labute approximate surface area is 114 Å². The van der Waals surface area contributed by atoms with E-state index in [2.05, 4.69) is 5.10 Å². The van der Waals surface area contributed by atoms with Gasteiger partial charge in [-0.1, -0.05) is 23.7 Å². The summed E-state index contributed by atoms with van der Waals surface area (Å²) >= 11 is 5.79. The zero-order valence-electron chi connectivity index (χ0n) is 10.1. The molecule has 2 aromatic rings. The van der Waals surface area contributed by atoms with Gasteiger partial charge in [0.05, 0.1) is 5.69 Å². The summed E-state index contributed by atoms with van der Waals surface area (Å²) in [5, 5.41) is 13.6. The molecule has 0 unspecified atom stereocenters. The van der Waals surface area contributed by atoms with Crippen molar-refractivity contribution >= 4 is 17.6 Å². The third-order valence-electron chi connectivity index (χ3n) is 2.69. The van der Waals surface area contributed by atoms with Crippen LogP contribution in [0.1, 0.15) is 13.0 Å². The summed E-state index contributed by atoms with van der Waals surface area (Å²) in [6, 6.07) is 8.76. The highest BCUT2D eigenvalue weighted by Crippen LogP contribution is 2.18. The summed E-state index contributed by atoms with van der Waals surface area (Å²) in [6.45, 7) is 1.41. The number of nitrogens with zero attached hydrogens (tertiary/aromatic N) is 2. The van der Waals surface area contributed by atoms with Crippen LogP contribution in [0.5, 0.6) is 0 Å². The first-order valence-corrected chi connectivity index (χ1v) is 5.95. The number of halogens is 1. The van der Waals surface area contributed by atoms with Gasteiger partial charge in [-0.25, -0.2) is 9.48 Å². The van der Waals surface area contributed by atoms with E-state index < -0.39 is 17.6 Å². The standard InChI is InChI=1S/C13H11ClN2O3/c1-8(13(18)19)16-12(17)7-6-11(15-16)9-2-4-10(14)5-3-9/h2-8H,1H3,(H,18,19)/t8-/m0/s1. The maximum absolute atomic E-state index is 11.6. The van der Waals surface area contributed by atoms with Crippen LogP contribution in [-0.4, -0.2) is 20.9 Å². The van der Waals surface area contributed by atoms with E-state index in [-0.39, 0.29) is 0 Å². The highest BCUT2D eigenvalue weighted by Gasteiger charge is 2.16. The van der Waals surface area contributed by atoms with Crippen molar-refractivity contribution in [3.63, 3.8) is 0 Å². The van der Waals surface area contributed by atoms with Crippen molar-refractivity contribution in [2.24, 2.45) is 0 Å². The van der Waals surface area contributed by atoms with Crippen LogP contribution in [0.15, 0.2) is 41.2 Å². The molecule has 5 nitrogen and oxygen atoms in total. The van der Waals surface area contributed by atoms with E-state index in [4.69, 9.17) is 16.7 Å². The molecule has 1 N–H and O–H groups in total. The minimum atomic E-state index is -1.11. The highest BCUT2D eigenvalue weighted by molar-refractivity contribution is 6.30. The Morgan fingerprint density at radius 3 is 2.47 bits per heavy atom. The van der Waals surface area contributed by atoms with Crippen LogP contribution in [0, 0.1) is 0 Å². The zero-order valence-corrected chi connectivity index (χ0v) is 10.8. The first-order chi connectivity index (χ1) is 8.99. The van der Waals surface area contributed by atoms with Crippen molar-refractivity contribution in [3.8, 4) is 11.3 Å². The molecule has 1 aromatic heterocycles. The molecule has 1 heterocycles. The van der Waals surface area contributed by atoms with E-state index in [0.29, 0.717) is 10.7 Å². The van der Waals surface area contributed by atoms with Gasteiger partial charge in [-0.2, -0.15) is 5.10 Å². The molecule has 0 amide bonds. The van der Waals surface area contributed by atoms with Crippen LogP contribution in [-0.2, 0) is 4.79 Å². The van der Waals surface area contributed by atoms with E-state index in [1.807, 2.05) is 0 Å². The van der Waals surface area contributed by atoms with Gasteiger partial charge in [-0.15, -0.1) is 0 Å². The lowest BCUT2D eigenvalue weighted by Gasteiger charge is -2.10. The van der Waals surface area contributed by atoms with Crippen molar-refractivity contribution in [3.05, 3.63) is 51.8 Å². The maximum Gasteiger partial charge on any atom is 0.328 e. The molecule has 98 valence electrons. The minimum Gasteiger partial charge on any atom is -0.480 e. The molecule has 0 saturated heterocycles. The Morgan fingerprint density at radius 2 is 1.89 bits per heavy atom. The average Bonchev–Trinajstić information content (AvgIpc) is 2.39. The Bertz CT molecular complexity index is 664. The zero-order chi connectivity index (χ0) is 14.0.